The van der Waals surface area contributed by atoms with Crippen molar-refractivity contribution in [3.8, 4) is 0 Å². The molecule has 1 aromatic carbocycles. The van der Waals surface area contributed by atoms with Crippen molar-refractivity contribution in [1.82, 2.24) is 4.90 Å². The van der Waals surface area contributed by atoms with E-state index in [-0.39, 0.29) is 0 Å². The molecule has 0 radical (unpaired) electrons. The zero-order chi connectivity index (χ0) is 12.3. The van der Waals surface area contributed by atoms with Crippen LogP contribution in [0.4, 0.5) is 5.69 Å². The van der Waals surface area contributed by atoms with Gasteiger partial charge in [-0.15, -0.1) is 0 Å². The molecule has 2 rings (SSSR count). The maximum absolute atomic E-state index is 3.48. The van der Waals surface area contributed by atoms with Crippen molar-refractivity contribution >= 4 is 21.6 Å². The van der Waals surface area contributed by atoms with Gasteiger partial charge in [0, 0.05) is 29.8 Å². The smallest absolute Gasteiger partial charge is 0.0366 e. The predicted molar refractivity (Wildman–Crippen MR) is 77.6 cm³/mol. The van der Waals surface area contributed by atoms with E-state index in [0.29, 0.717) is 0 Å². The first-order valence-corrected chi connectivity index (χ1v) is 7.09. The summed E-state index contributed by atoms with van der Waals surface area (Å²) >= 11 is 3.48. The van der Waals surface area contributed by atoms with E-state index in [1.54, 1.807) is 0 Å². The summed E-state index contributed by atoms with van der Waals surface area (Å²) < 4.78 is 1.16. The molecule has 2 nitrogen and oxygen atoms in total. The summed E-state index contributed by atoms with van der Waals surface area (Å²) in [5, 5.41) is 0. The van der Waals surface area contributed by atoms with Gasteiger partial charge in [0.05, 0.1) is 0 Å². The number of hydrogen-bond donors (Lipinski definition) is 0. The van der Waals surface area contributed by atoms with E-state index in [9.17, 15) is 0 Å². The second kappa shape index (κ2) is 5.87. The van der Waals surface area contributed by atoms with Gasteiger partial charge in [0.25, 0.3) is 0 Å². The molecule has 0 aliphatic carbocycles. The monoisotopic (exact) mass is 296 g/mol. The Morgan fingerprint density at radius 1 is 1.18 bits per heavy atom. The third-order valence-electron chi connectivity index (χ3n) is 3.43. The largest absolute Gasteiger partial charge is 0.372 e. The van der Waals surface area contributed by atoms with Crippen LogP contribution in [0.3, 0.4) is 0 Å². The van der Waals surface area contributed by atoms with Gasteiger partial charge < -0.3 is 9.80 Å². The molecule has 0 bridgehead atoms. The molecule has 0 aromatic heterocycles. The van der Waals surface area contributed by atoms with Gasteiger partial charge in [-0.3, -0.25) is 0 Å². The third kappa shape index (κ3) is 3.71. The van der Waals surface area contributed by atoms with Crippen molar-refractivity contribution in [2.24, 2.45) is 5.92 Å². The summed E-state index contributed by atoms with van der Waals surface area (Å²) in [4.78, 5) is 4.80. The lowest BCUT2D eigenvalue weighted by Gasteiger charge is -2.34. The molecule has 0 amide bonds. The first kappa shape index (κ1) is 12.9. The number of piperidine rings is 1. The first-order chi connectivity index (χ1) is 8.15. The Morgan fingerprint density at radius 2 is 1.76 bits per heavy atom. The van der Waals surface area contributed by atoms with Gasteiger partial charge in [-0.1, -0.05) is 15.9 Å². The van der Waals surface area contributed by atoms with Crippen LogP contribution in [0.25, 0.3) is 0 Å². The van der Waals surface area contributed by atoms with Crippen molar-refractivity contribution in [2.45, 2.75) is 12.8 Å². The molecule has 0 spiro atoms. The summed E-state index contributed by atoms with van der Waals surface area (Å²) in [5.41, 5.74) is 1.36. The maximum atomic E-state index is 3.48. The molecule has 0 N–H and O–H groups in total. The lowest BCUT2D eigenvalue weighted by atomic mass is 9.96. The lowest BCUT2D eigenvalue weighted by Crippen LogP contribution is -2.37. The van der Waals surface area contributed by atoms with Crippen molar-refractivity contribution in [3.63, 3.8) is 0 Å². The van der Waals surface area contributed by atoms with Crippen LogP contribution in [-0.4, -0.2) is 38.6 Å². The van der Waals surface area contributed by atoms with Crippen LogP contribution >= 0.6 is 15.9 Å². The summed E-state index contributed by atoms with van der Waals surface area (Å²) in [6.45, 7) is 3.62. The van der Waals surface area contributed by atoms with E-state index in [1.807, 2.05) is 0 Å². The van der Waals surface area contributed by atoms with Crippen molar-refractivity contribution < 1.29 is 0 Å². The quantitative estimate of drug-likeness (QED) is 0.845. The number of nitrogens with zero attached hydrogens (tertiary/aromatic N) is 2. The van der Waals surface area contributed by atoms with E-state index in [2.05, 4.69) is 64.1 Å². The Morgan fingerprint density at radius 3 is 2.29 bits per heavy atom. The predicted octanol–water partition coefficient (Wildman–Crippen LogP) is 3.23. The van der Waals surface area contributed by atoms with Crippen LogP contribution in [-0.2, 0) is 0 Å². The third-order valence-corrected chi connectivity index (χ3v) is 3.96. The van der Waals surface area contributed by atoms with Crippen LogP contribution < -0.4 is 4.90 Å². The van der Waals surface area contributed by atoms with Crippen LogP contribution in [0, 0.1) is 5.92 Å². The zero-order valence-corrected chi connectivity index (χ0v) is 12.3. The van der Waals surface area contributed by atoms with Gasteiger partial charge in [0.2, 0.25) is 0 Å². The minimum atomic E-state index is 0.872. The van der Waals surface area contributed by atoms with Crippen LogP contribution in [0.2, 0.25) is 0 Å². The molecule has 1 saturated heterocycles. The van der Waals surface area contributed by atoms with Crippen molar-refractivity contribution in [3.05, 3.63) is 28.7 Å². The Kier molecular flexibility index (Phi) is 4.46. The SMILES string of the molecule is CN(C)CC1CCN(c2ccc(Br)cc2)CC1. The summed E-state index contributed by atoms with van der Waals surface area (Å²) in [6.07, 6.45) is 2.63. The van der Waals surface area contributed by atoms with Gasteiger partial charge in [0.1, 0.15) is 0 Å². The Balaban J connectivity index is 1.88. The standard InChI is InChI=1S/C14H21BrN2/c1-16(2)11-12-7-9-17(10-8-12)14-5-3-13(15)4-6-14/h3-6,12H,7-11H2,1-2H3. The second-order valence-electron chi connectivity index (χ2n) is 5.17. The van der Waals surface area contributed by atoms with Crippen LogP contribution in [0.1, 0.15) is 12.8 Å². The fourth-order valence-electron chi connectivity index (χ4n) is 2.54. The molecule has 1 heterocycles. The number of anilines is 1. The molecule has 0 saturated carbocycles. The lowest BCUT2D eigenvalue weighted by molar-refractivity contribution is 0.285. The highest BCUT2D eigenvalue weighted by molar-refractivity contribution is 9.10. The number of rotatable bonds is 3. The Hall–Kier alpha value is -0.540. The second-order valence-corrected chi connectivity index (χ2v) is 6.08. The summed E-state index contributed by atoms with van der Waals surface area (Å²) in [6, 6.07) is 8.66. The molecule has 1 aliphatic rings. The van der Waals surface area contributed by atoms with E-state index in [1.165, 1.54) is 38.2 Å². The fraction of sp³-hybridized carbons (Fsp3) is 0.571. The summed E-state index contributed by atoms with van der Waals surface area (Å²) in [5.74, 6) is 0.872. The topological polar surface area (TPSA) is 6.48 Å². The molecule has 0 unspecified atom stereocenters. The highest BCUT2D eigenvalue weighted by atomic mass is 79.9. The zero-order valence-electron chi connectivity index (χ0n) is 10.7. The number of hydrogen-bond acceptors (Lipinski definition) is 2. The maximum Gasteiger partial charge on any atom is 0.0366 e. The number of halogens is 1. The minimum absolute atomic E-state index is 0.872. The average Bonchev–Trinajstić information content (AvgIpc) is 2.30. The fourth-order valence-corrected chi connectivity index (χ4v) is 2.81. The molecule has 1 aromatic rings. The number of benzene rings is 1. The average molecular weight is 297 g/mol. The van der Waals surface area contributed by atoms with Gasteiger partial charge >= 0.3 is 0 Å². The molecule has 94 valence electrons. The van der Waals surface area contributed by atoms with Gasteiger partial charge in [-0.25, -0.2) is 0 Å². The van der Waals surface area contributed by atoms with E-state index < -0.39 is 0 Å². The molecule has 1 aliphatic heterocycles. The molecular weight excluding hydrogens is 276 g/mol. The molecule has 3 heteroatoms. The molecule has 0 atom stereocenters. The van der Waals surface area contributed by atoms with Crippen molar-refractivity contribution in [1.29, 1.82) is 0 Å². The first-order valence-electron chi connectivity index (χ1n) is 6.30. The summed E-state index contributed by atoms with van der Waals surface area (Å²) in [7, 11) is 4.34. The highest BCUT2D eigenvalue weighted by Gasteiger charge is 2.19. The van der Waals surface area contributed by atoms with Crippen LogP contribution in [0.5, 0.6) is 0 Å². The van der Waals surface area contributed by atoms with Crippen molar-refractivity contribution in [2.75, 3.05) is 38.6 Å². The van der Waals surface area contributed by atoms with Gasteiger partial charge in [0.15, 0.2) is 0 Å². The van der Waals surface area contributed by atoms with E-state index in [4.69, 9.17) is 0 Å². The van der Waals surface area contributed by atoms with E-state index in [0.717, 1.165) is 10.4 Å². The minimum Gasteiger partial charge on any atom is -0.372 e. The van der Waals surface area contributed by atoms with Crippen LogP contribution in [0.15, 0.2) is 28.7 Å². The molecular formula is C14H21BrN2. The molecule has 1 fully saturated rings. The highest BCUT2D eigenvalue weighted by Crippen LogP contribution is 2.24. The normalized spacial score (nSPS) is 17.8. The molecule has 17 heavy (non-hydrogen) atoms. The van der Waals surface area contributed by atoms with E-state index >= 15 is 0 Å². The van der Waals surface area contributed by atoms with Gasteiger partial charge in [-0.2, -0.15) is 0 Å². The Bertz CT molecular complexity index is 340. The van der Waals surface area contributed by atoms with Gasteiger partial charge in [-0.05, 0) is 57.1 Å². The Labute approximate surface area is 113 Å².